The van der Waals surface area contributed by atoms with Gasteiger partial charge in [0.1, 0.15) is 0 Å². The van der Waals surface area contributed by atoms with Crippen LogP contribution in [-0.2, 0) is 9.53 Å². The number of hydrogen-bond donors (Lipinski definition) is 1. The van der Waals surface area contributed by atoms with Crippen LogP contribution in [-0.4, -0.2) is 19.1 Å². The fraction of sp³-hybridized carbons (Fsp3) is 0.889. The van der Waals surface area contributed by atoms with Gasteiger partial charge >= 0.3 is 5.97 Å². The van der Waals surface area contributed by atoms with Crippen molar-refractivity contribution >= 4 is 5.97 Å². The quantitative estimate of drug-likeness (QED) is 0.642. The Kier molecular flexibility index (Phi) is 3.09. The molecule has 1 atom stereocenters. The summed E-state index contributed by atoms with van der Waals surface area (Å²) in [5.41, 5.74) is 5.64. The molecule has 1 rings (SSSR count). The molecule has 0 aromatic carbocycles. The maximum Gasteiger partial charge on any atom is 0.308 e. The third-order valence-corrected chi connectivity index (χ3v) is 2.56. The topological polar surface area (TPSA) is 52.3 Å². The molecule has 0 amide bonds. The molecule has 1 aliphatic carbocycles. The van der Waals surface area contributed by atoms with E-state index in [1.807, 2.05) is 6.92 Å². The number of methoxy groups -OCH3 is 1. The average Bonchev–Trinajstić information content (AvgIpc) is 2.00. The monoisotopic (exact) mass is 171 g/mol. The number of nitrogens with two attached hydrogens (primary N) is 1. The van der Waals surface area contributed by atoms with Crippen molar-refractivity contribution in [2.75, 3.05) is 7.11 Å². The number of rotatable bonds is 3. The fourth-order valence-electron chi connectivity index (χ4n) is 1.78. The molecule has 0 aromatic rings. The van der Waals surface area contributed by atoms with E-state index >= 15 is 0 Å². The summed E-state index contributed by atoms with van der Waals surface area (Å²) < 4.78 is 4.64. The van der Waals surface area contributed by atoms with Crippen LogP contribution < -0.4 is 5.73 Å². The SMILES string of the molecule is COC(=O)C(C)CC1CC(N)C1. The van der Waals surface area contributed by atoms with Gasteiger partial charge in [-0.2, -0.15) is 0 Å². The number of carbonyl (C=O) groups excluding carboxylic acids is 1. The third-order valence-electron chi connectivity index (χ3n) is 2.56. The summed E-state index contributed by atoms with van der Waals surface area (Å²) in [7, 11) is 1.44. The van der Waals surface area contributed by atoms with Crippen molar-refractivity contribution < 1.29 is 9.53 Å². The van der Waals surface area contributed by atoms with Crippen LogP contribution in [0.5, 0.6) is 0 Å². The molecule has 0 aromatic heterocycles. The van der Waals surface area contributed by atoms with E-state index in [0.717, 1.165) is 19.3 Å². The maximum absolute atomic E-state index is 11.0. The van der Waals surface area contributed by atoms with E-state index in [9.17, 15) is 4.79 Å². The van der Waals surface area contributed by atoms with Crippen LogP contribution in [0.4, 0.5) is 0 Å². The van der Waals surface area contributed by atoms with E-state index < -0.39 is 0 Å². The lowest BCUT2D eigenvalue weighted by atomic mass is 9.76. The van der Waals surface area contributed by atoms with Crippen molar-refractivity contribution in [3.8, 4) is 0 Å². The van der Waals surface area contributed by atoms with Crippen molar-refractivity contribution in [3.05, 3.63) is 0 Å². The zero-order valence-corrected chi connectivity index (χ0v) is 7.75. The Bertz CT molecular complexity index is 164. The zero-order chi connectivity index (χ0) is 9.14. The van der Waals surface area contributed by atoms with Gasteiger partial charge in [-0.25, -0.2) is 0 Å². The highest BCUT2D eigenvalue weighted by atomic mass is 16.5. The fourth-order valence-corrected chi connectivity index (χ4v) is 1.78. The van der Waals surface area contributed by atoms with Crippen molar-refractivity contribution in [2.24, 2.45) is 17.6 Å². The van der Waals surface area contributed by atoms with Crippen LogP contribution in [0.3, 0.4) is 0 Å². The molecule has 0 bridgehead atoms. The number of hydrogen-bond acceptors (Lipinski definition) is 3. The largest absolute Gasteiger partial charge is 0.469 e. The normalized spacial score (nSPS) is 30.6. The minimum atomic E-state index is -0.101. The molecule has 0 aliphatic heterocycles. The van der Waals surface area contributed by atoms with E-state index in [1.165, 1.54) is 7.11 Å². The van der Waals surface area contributed by atoms with Gasteiger partial charge in [-0.05, 0) is 25.2 Å². The molecule has 2 N–H and O–H groups in total. The van der Waals surface area contributed by atoms with E-state index in [1.54, 1.807) is 0 Å². The van der Waals surface area contributed by atoms with Gasteiger partial charge in [-0.1, -0.05) is 6.92 Å². The first-order chi connectivity index (χ1) is 5.63. The number of esters is 1. The van der Waals surface area contributed by atoms with Gasteiger partial charge < -0.3 is 10.5 Å². The summed E-state index contributed by atoms with van der Waals surface area (Å²) in [6.45, 7) is 1.91. The van der Waals surface area contributed by atoms with Gasteiger partial charge in [0.15, 0.2) is 0 Å². The molecular formula is C9H17NO2. The summed E-state index contributed by atoms with van der Waals surface area (Å²) in [6, 6.07) is 0.375. The van der Waals surface area contributed by atoms with Crippen LogP contribution in [0, 0.1) is 11.8 Å². The molecule has 1 fully saturated rings. The summed E-state index contributed by atoms with van der Waals surface area (Å²) in [4.78, 5) is 11.0. The van der Waals surface area contributed by atoms with E-state index in [2.05, 4.69) is 4.74 Å². The first-order valence-corrected chi connectivity index (χ1v) is 4.47. The Morgan fingerprint density at radius 1 is 1.67 bits per heavy atom. The summed E-state index contributed by atoms with van der Waals surface area (Å²) in [5.74, 6) is 0.581. The standard InChI is InChI=1S/C9H17NO2/c1-6(9(11)12-2)3-7-4-8(10)5-7/h6-8H,3-5,10H2,1-2H3. The Morgan fingerprint density at radius 3 is 2.67 bits per heavy atom. The van der Waals surface area contributed by atoms with Gasteiger partial charge in [-0.15, -0.1) is 0 Å². The van der Waals surface area contributed by atoms with E-state index in [0.29, 0.717) is 12.0 Å². The van der Waals surface area contributed by atoms with Gasteiger partial charge in [0.2, 0.25) is 0 Å². The Hall–Kier alpha value is -0.570. The maximum atomic E-state index is 11.0. The van der Waals surface area contributed by atoms with Crippen molar-refractivity contribution in [2.45, 2.75) is 32.2 Å². The first kappa shape index (κ1) is 9.52. The highest BCUT2D eigenvalue weighted by molar-refractivity contribution is 5.71. The lowest BCUT2D eigenvalue weighted by Crippen LogP contribution is -2.37. The second kappa shape index (κ2) is 3.90. The Morgan fingerprint density at radius 2 is 2.25 bits per heavy atom. The molecule has 0 saturated heterocycles. The smallest absolute Gasteiger partial charge is 0.308 e. The minimum Gasteiger partial charge on any atom is -0.469 e. The molecule has 0 spiro atoms. The molecule has 3 nitrogen and oxygen atoms in total. The summed E-state index contributed by atoms with van der Waals surface area (Å²) in [5, 5.41) is 0. The lowest BCUT2D eigenvalue weighted by Gasteiger charge is -2.33. The second-order valence-corrected chi connectivity index (χ2v) is 3.76. The van der Waals surface area contributed by atoms with Crippen molar-refractivity contribution in [3.63, 3.8) is 0 Å². The van der Waals surface area contributed by atoms with Crippen LogP contribution in [0.2, 0.25) is 0 Å². The zero-order valence-electron chi connectivity index (χ0n) is 7.75. The molecule has 1 aliphatic rings. The van der Waals surface area contributed by atoms with Crippen molar-refractivity contribution in [1.29, 1.82) is 0 Å². The van der Waals surface area contributed by atoms with E-state index in [-0.39, 0.29) is 11.9 Å². The van der Waals surface area contributed by atoms with E-state index in [4.69, 9.17) is 5.73 Å². The molecule has 12 heavy (non-hydrogen) atoms. The van der Waals surface area contributed by atoms with Crippen LogP contribution in [0.25, 0.3) is 0 Å². The van der Waals surface area contributed by atoms with Gasteiger partial charge in [0, 0.05) is 6.04 Å². The number of carbonyl (C=O) groups is 1. The predicted octanol–water partition coefficient (Wildman–Crippen LogP) is 0.923. The predicted molar refractivity (Wildman–Crippen MR) is 46.5 cm³/mol. The lowest BCUT2D eigenvalue weighted by molar-refractivity contribution is -0.145. The molecule has 3 heteroatoms. The summed E-state index contributed by atoms with van der Waals surface area (Å²) in [6.07, 6.45) is 3.07. The molecule has 0 radical (unpaired) electrons. The molecular weight excluding hydrogens is 154 g/mol. The van der Waals surface area contributed by atoms with Crippen LogP contribution in [0.15, 0.2) is 0 Å². The van der Waals surface area contributed by atoms with Crippen molar-refractivity contribution in [1.82, 2.24) is 0 Å². The molecule has 0 heterocycles. The summed E-state index contributed by atoms with van der Waals surface area (Å²) >= 11 is 0. The van der Waals surface area contributed by atoms with Gasteiger partial charge in [0.25, 0.3) is 0 Å². The Balaban J connectivity index is 2.18. The third kappa shape index (κ3) is 2.21. The Labute approximate surface area is 73.3 Å². The molecule has 1 saturated carbocycles. The average molecular weight is 171 g/mol. The highest BCUT2D eigenvalue weighted by Gasteiger charge is 2.29. The van der Waals surface area contributed by atoms with Gasteiger partial charge in [0.05, 0.1) is 13.0 Å². The van der Waals surface area contributed by atoms with Gasteiger partial charge in [-0.3, -0.25) is 4.79 Å². The molecule has 70 valence electrons. The van der Waals surface area contributed by atoms with Crippen LogP contribution >= 0.6 is 0 Å². The first-order valence-electron chi connectivity index (χ1n) is 4.47. The number of ether oxygens (including phenoxy) is 1. The van der Waals surface area contributed by atoms with Crippen LogP contribution in [0.1, 0.15) is 26.2 Å². The second-order valence-electron chi connectivity index (χ2n) is 3.76. The minimum absolute atomic E-state index is 0.0347. The molecule has 1 unspecified atom stereocenters. The highest BCUT2D eigenvalue weighted by Crippen LogP contribution is 2.31.